The van der Waals surface area contributed by atoms with Crippen LogP contribution >= 0.6 is 0 Å². The molecule has 1 aliphatic heterocycles. The first-order valence-electron chi connectivity index (χ1n) is 17.0. The molecule has 1 aromatic heterocycles. The van der Waals surface area contributed by atoms with Gasteiger partial charge in [-0.25, -0.2) is 0 Å². The molecule has 0 saturated carbocycles. The summed E-state index contributed by atoms with van der Waals surface area (Å²) in [5.74, 6) is 0. The molecular formula is C47H32N2. The Balaban J connectivity index is 1.13. The van der Waals surface area contributed by atoms with Crippen molar-refractivity contribution in [1.29, 1.82) is 0 Å². The van der Waals surface area contributed by atoms with Crippen molar-refractivity contribution in [3.63, 3.8) is 0 Å². The van der Waals surface area contributed by atoms with E-state index in [-0.39, 0.29) is 0 Å². The Morgan fingerprint density at radius 3 is 1.78 bits per heavy atom. The SMILES string of the molecule is C1=Cc2c(c3cc(-c4ccc(-c5c6ccccc6c(-c6cccc7ccccc67)c6ccccc56)cc4)ccc3n2-c2ccccc2)CN1. The van der Waals surface area contributed by atoms with Crippen LogP contribution in [0, 0.1) is 0 Å². The Bertz CT molecular complexity index is 2690. The van der Waals surface area contributed by atoms with Gasteiger partial charge >= 0.3 is 0 Å². The van der Waals surface area contributed by atoms with Crippen LogP contribution in [0.1, 0.15) is 11.3 Å². The van der Waals surface area contributed by atoms with Gasteiger partial charge in [-0.2, -0.15) is 0 Å². The fourth-order valence-electron chi connectivity index (χ4n) is 8.07. The summed E-state index contributed by atoms with van der Waals surface area (Å²) in [6.07, 6.45) is 4.25. The van der Waals surface area contributed by atoms with E-state index in [1.807, 2.05) is 0 Å². The lowest BCUT2D eigenvalue weighted by molar-refractivity contribution is 0.855. The lowest BCUT2D eigenvalue weighted by atomic mass is 9.84. The summed E-state index contributed by atoms with van der Waals surface area (Å²) in [5, 5.41) is 12.4. The molecule has 0 fully saturated rings. The molecule has 0 radical (unpaired) electrons. The lowest BCUT2D eigenvalue weighted by Gasteiger charge is -2.19. The van der Waals surface area contributed by atoms with Crippen molar-refractivity contribution in [3.8, 4) is 39.1 Å². The van der Waals surface area contributed by atoms with Crippen LogP contribution in [0.3, 0.4) is 0 Å². The molecule has 2 heterocycles. The van der Waals surface area contributed by atoms with E-state index in [1.165, 1.54) is 93.5 Å². The quantitative estimate of drug-likeness (QED) is 0.193. The van der Waals surface area contributed by atoms with Crippen LogP contribution in [0.5, 0.6) is 0 Å². The van der Waals surface area contributed by atoms with Gasteiger partial charge < -0.3 is 9.88 Å². The third-order valence-corrected chi connectivity index (χ3v) is 10.3. The Kier molecular flexibility index (Phi) is 6.28. The van der Waals surface area contributed by atoms with E-state index < -0.39 is 0 Å². The summed E-state index contributed by atoms with van der Waals surface area (Å²) < 4.78 is 2.38. The summed E-state index contributed by atoms with van der Waals surface area (Å²) >= 11 is 0. The van der Waals surface area contributed by atoms with Gasteiger partial charge in [0, 0.05) is 23.2 Å². The standard InChI is InChI=1S/C47H32N2/c1-2-13-35(14-3-1)49-44-26-25-34(29-42(44)43-30-48-28-27-45(43)49)31-21-23-33(24-22-31)46-38-16-6-8-18-40(38)47(41-19-9-7-17-39(41)46)37-20-10-12-32-11-4-5-15-36(32)37/h1-29,48H,30H2. The molecule has 49 heavy (non-hydrogen) atoms. The second-order valence-electron chi connectivity index (χ2n) is 12.9. The van der Waals surface area contributed by atoms with Crippen molar-refractivity contribution in [3.05, 3.63) is 181 Å². The molecule has 2 nitrogen and oxygen atoms in total. The van der Waals surface area contributed by atoms with E-state index in [0.717, 1.165) is 6.54 Å². The maximum Gasteiger partial charge on any atom is 0.0538 e. The zero-order valence-corrected chi connectivity index (χ0v) is 26.9. The molecule has 8 aromatic carbocycles. The Labute approximate surface area is 285 Å². The van der Waals surface area contributed by atoms with E-state index >= 15 is 0 Å². The van der Waals surface area contributed by atoms with Crippen LogP contribution in [-0.4, -0.2) is 4.57 Å². The van der Waals surface area contributed by atoms with E-state index in [0.29, 0.717) is 0 Å². The third kappa shape index (κ3) is 4.35. The van der Waals surface area contributed by atoms with E-state index in [4.69, 9.17) is 0 Å². The summed E-state index contributed by atoms with van der Waals surface area (Å²) in [7, 11) is 0. The first kappa shape index (κ1) is 27.7. The molecule has 0 unspecified atom stereocenters. The molecule has 0 amide bonds. The summed E-state index contributed by atoms with van der Waals surface area (Å²) in [4.78, 5) is 0. The van der Waals surface area contributed by atoms with Gasteiger partial charge in [0.2, 0.25) is 0 Å². The van der Waals surface area contributed by atoms with Gasteiger partial charge in [-0.15, -0.1) is 0 Å². The highest BCUT2D eigenvalue weighted by Crippen LogP contribution is 2.45. The van der Waals surface area contributed by atoms with Crippen LogP contribution in [-0.2, 0) is 6.54 Å². The predicted molar refractivity (Wildman–Crippen MR) is 208 cm³/mol. The zero-order chi connectivity index (χ0) is 32.3. The predicted octanol–water partition coefficient (Wildman–Crippen LogP) is 12.2. The van der Waals surface area contributed by atoms with Gasteiger partial charge in [-0.3, -0.25) is 0 Å². The molecule has 1 N–H and O–H groups in total. The van der Waals surface area contributed by atoms with Crippen LogP contribution in [0.2, 0.25) is 0 Å². The molecule has 0 atom stereocenters. The molecule has 9 aromatic rings. The number of aromatic nitrogens is 1. The molecule has 10 rings (SSSR count). The topological polar surface area (TPSA) is 17.0 Å². The monoisotopic (exact) mass is 624 g/mol. The largest absolute Gasteiger partial charge is 0.387 e. The molecule has 0 spiro atoms. The molecular weight excluding hydrogens is 593 g/mol. The van der Waals surface area contributed by atoms with E-state index in [2.05, 4.69) is 186 Å². The molecule has 2 heteroatoms. The number of nitrogens with zero attached hydrogens (tertiary/aromatic N) is 1. The lowest BCUT2D eigenvalue weighted by Crippen LogP contribution is -2.10. The van der Waals surface area contributed by atoms with E-state index in [1.54, 1.807) is 0 Å². The number of hydrogen-bond acceptors (Lipinski definition) is 1. The molecule has 0 bridgehead atoms. The molecule has 1 aliphatic rings. The van der Waals surface area contributed by atoms with Crippen molar-refractivity contribution >= 4 is 49.3 Å². The smallest absolute Gasteiger partial charge is 0.0538 e. The fraction of sp³-hybridized carbons (Fsp3) is 0.0213. The average molecular weight is 625 g/mol. The normalized spacial score (nSPS) is 12.5. The number of nitrogens with one attached hydrogen (secondary N) is 1. The number of rotatable bonds is 4. The van der Waals surface area contributed by atoms with E-state index in [9.17, 15) is 0 Å². The van der Waals surface area contributed by atoms with Crippen LogP contribution in [0.15, 0.2) is 170 Å². The third-order valence-electron chi connectivity index (χ3n) is 10.3. The highest BCUT2D eigenvalue weighted by atomic mass is 15.0. The minimum absolute atomic E-state index is 0.819. The van der Waals surface area contributed by atoms with Crippen molar-refractivity contribution in [2.75, 3.05) is 0 Å². The minimum Gasteiger partial charge on any atom is -0.387 e. The van der Waals surface area contributed by atoms with Crippen molar-refractivity contribution < 1.29 is 0 Å². The Hall–Kier alpha value is -6.38. The van der Waals surface area contributed by atoms with Gasteiger partial charge in [-0.1, -0.05) is 140 Å². The van der Waals surface area contributed by atoms with Gasteiger partial charge in [0.25, 0.3) is 0 Å². The zero-order valence-electron chi connectivity index (χ0n) is 26.9. The molecule has 0 saturated heterocycles. The summed E-state index contributed by atoms with van der Waals surface area (Å²) in [6, 6.07) is 60.0. The molecule has 0 aliphatic carbocycles. The Morgan fingerprint density at radius 1 is 0.449 bits per heavy atom. The number of benzene rings is 8. The molecule has 230 valence electrons. The van der Waals surface area contributed by atoms with Gasteiger partial charge in [0.05, 0.1) is 11.2 Å². The summed E-state index contributed by atoms with van der Waals surface area (Å²) in [6.45, 7) is 0.819. The number of hydrogen-bond donors (Lipinski definition) is 1. The first-order valence-corrected chi connectivity index (χ1v) is 17.0. The maximum atomic E-state index is 3.44. The van der Waals surface area contributed by atoms with Crippen molar-refractivity contribution in [1.82, 2.24) is 9.88 Å². The van der Waals surface area contributed by atoms with Crippen LogP contribution in [0.4, 0.5) is 0 Å². The Morgan fingerprint density at radius 2 is 1.04 bits per heavy atom. The van der Waals surface area contributed by atoms with Crippen molar-refractivity contribution in [2.45, 2.75) is 6.54 Å². The van der Waals surface area contributed by atoms with Gasteiger partial charge in [0.15, 0.2) is 0 Å². The first-order chi connectivity index (χ1) is 24.3. The fourth-order valence-corrected chi connectivity index (χ4v) is 8.07. The summed E-state index contributed by atoms with van der Waals surface area (Å²) in [5.41, 5.74) is 12.5. The number of para-hydroxylation sites is 1. The second-order valence-corrected chi connectivity index (χ2v) is 12.9. The minimum atomic E-state index is 0.819. The number of fused-ring (bicyclic) bond motifs is 6. The van der Waals surface area contributed by atoms with Gasteiger partial charge in [-0.05, 0) is 102 Å². The average Bonchev–Trinajstić information content (AvgIpc) is 3.51. The highest BCUT2D eigenvalue weighted by Gasteiger charge is 2.20. The maximum absolute atomic E-state index is 3.44. The van der Waals surface area contributed by atoms with Crippen molar-refractivity contribution in [2.24, 2.45) is 0 Å². The van der Waals surface area contributed by atoms with Crippen LogP contribution in [0.25, 0.3) is 88.4 Å². The van der Waals surface area contributed by atoms with Gasteiger partial charge in [0.1, 0.15) is 0 Å². The highest BCUT2D eigenvalue weighted by molar-refractivity contribution is 6.23. The second kappa shape index (κ2) is 11.1. The van der Waals surface area contributed by atoms with Crippen LogP contribution < -0.4 is 5.32 Å².